The van der Waals surface area contributed by atoms with Crippen molar-refractivity contribution in [1.29, 1.82) is 0 Å². The molecule has 0 saturated heterocycles. The molecule has 0 heterocycles. The van der Waals surface area contributed by atoms with Crippen molar-refractivity contribution in [1.82, 2.24) is 0 Å². The van der Waals surface area contributed by atoms with E-state index in [-0.39, 0.29) is 6.07 Å². The van der Waals surface area contributed by atoms with Crippen LogP contribution in [0.2, 0.25) is 0 Å². The molecule has 0 aromatic heterocycles. The van der Waals surface area contributed by atoms with Crippen LogP contribution in [0.3, 0.4) is 0 Å². The van der Waals surface area contributed by atoms with Crippen LogP contribution in [0.15, 0.2) is 12.1 Å². The third-order valence-electron chi connectivity index (χ3n) is 1.21. The number of benzene rings is 1. The minimum Gasteiger partial charge on any atom is -0.475 e. The van der Waals surface area contributed by atoms with Gasteiger partial charge in [-0.15, -0.1) is 0 Å². The van der Waals surface area contributed by atoms with Gasteiger partial charge in [-0.25, -0.2) is 8.78 Å². The molecule has 0 spiro atoms. The molecule has 5 heteroatoms. The Morgan fingerprint density at radius 3 is 2.42 bits per heavy atom. The molecule has 0 saturated carbocycles. The summed E-state index contributed by atoms with van der Waals surface area (Å²) >= 11 is 5.10. The van der Waals surface area contributed by atoms with Crippen LogP contribution in [0.5, 0.6) is 5.75 Å². The van der Waals surface area contributed by atoms with Gasteiger partial charge >= 0.3 is 0 Å². The van der Waals surface area contributed by atoms with Crippen LogP contribution < -0.4 is 4.74 Å². The van der Waals surface area contributed by atoms with Crippen molar-refractivity contribution in [2.45, 2.75) is 0 Å². The van der Waals surface area contributed by atoms with Gasteiger partial charge in [-0.3, -0.25) is 0 Å². The Balaban J connectivity index is 3.08. The molecule has 12 heavy (non-hydrogen) atoms. The molecule has 0 atom stereocenters. The van der Waals surface area contributed by atoms with Crippen LogP contribution in [-0.4, -0.2) is 6.07 Å². The van der Waals surface area contributed by atoms with E-state index in [4.69, 9.17) is 11.6 Å². The van der Waals surface area contributed by atoms with Crippen LogP contribution in [0.25, 0.3) is 0 Å². The second-order valence-electron chi connectivity index (χ2n) is 1.93. The predicted molar refractivity (Wildman–Crippen MR) is 37.7 cm³/mol. The van der Waals surface area contributed by atoms with Gasteiger partial charge in [0.2, 0.25) is 5.82 Å². The molecule has 0 unspecified atom stereocenters. The van der Waals surface area contributed by atoms with Crippen molar-refractivity contribution < 1.29 is 17.9 Å². The van der Waals surface area contributed by atoms with Crippen LogP contribution in [0.1, 0.15) is 0 Å². The molecule has 0 amide bonds. The van der Waals surface area contributed by atoms with E-state index >= 15 is 0 Å². The summed E-state index contributed by atoms with van der Waals surface area (Å²) in [6.45, 7) is 0. The maximum atomic E-state index is 12.7. The summed E-state index contributed by atoms with van der Waals surface area (Å²) in [6, 6.07) is 1.42. The summed E-state index contributed by atoms with van der Waals surface area (Å²) in [7, 11) is 0. The maximum absolute atomic E-state index is 12.7. The van der Waals surface area contributed by atoms with E-state index < -0.39 is 23.2 Å². The SMILES string of the molecule is Fc1ccc(OCCl)c(F)c1F. The topological polar surface area (TPSA) is 9.23 Å². The first-order chi connectivity index (χ1) is 5.66. The quantitative estimate of drug-likeness (QED) is 0.522. The molecule has 0 radical (unpaired) electrons. The largest absolute Gasteiger partial charge is 0.475 e. The third-order valence-corrected chi connectivity index (χ3v) is 1.32. The highest BCUT2D eigenvalue weighted by atomic mass is 35.5. The highest BCUT2D eigenvalue weighted by Crippen LogP contribution is 2.21. The van der Waals surface area contributed by atoms with E-state index in [1.807, 2.05) is 0 Å². The zero-order chi connectivity index (χ0) is 9.14. The summed E-state index contributed by atoms with van der Waals surface area (Å²) in [5.41, 5.74) is 0. The first-order valence-electron chi connectivity index (χ1n) is 2.99. The molecule has 0 aliphatic rings. The number of rotatable bonds is 2. The lowest BCUT2D eigenvalue weighted by Crippen LogP contribution is -1.97. The van der Waals surface area contributed by atoms with Gasteiger partial charge in [0, 0.05) is 0 Å². The first-order valence-corrected chi connectivity index (χ1v) is 3.52. The zero-order valence-electron chi connectivity index (χ0n) is 5.78. The molecular weight excluding hydrogens is 193 g/mol. The monoisotopic (exact) mass is 196 g/mol. The number of hydrogen-bond acceptors (Lipinski definition) is 1. The van der Waals surface area contributed by atoms with Crippen molar-refractivity contribution >= 4 is 11.6 Å². The van der Waals surface area contributed by atoms with Crippen LogP contribution in [0, 0.1) is 17.5 Å². The Morgan fingerprint density at radius 1 is 1.17 bits per heavy atom. The summed E-state index contributed by atoms with van der Waals surface area (Å²) in [4.78, 5) is 0. The van der Waals surface area contributed by atoms with E-state index in [9.17, 15) is 13.2 Å². The number of ether oxygens (including phenoxy) is 1. The molecular formula is C7H4ClF3O. The summed E-state index contributed by atoms with van der Waals surface area (Å²) < 4.78 is 41.8. The van der Waals surface area contributed by atoms with E-state index in [2.05, 4.69) is 4.74 Å². The minimum absolute atomic E-state index is 0.317. The van der Waals surface area contributed by atoms with Gasteiger partial charge in [0.05, 0.1) is 0 Å². The molecule has 1 nitrogen and oxygen atoms in total. The molecule has 0 fully saturated rings. The molecule has 1 aromatic rings. The van der Waals surface area contributed by atoms with E-state index in [1.165, 1.54) is 0 Å². The lowest BCUT2D eigenvalue weighted by atomic mass is 10.3. The normalized spacial score (nSPS) is 10.0. The Labute approximate surface area is 71.7 Å². The average molecular weight is 197 g/mol. The second kappa shape index (κ2) is 3.67. The van der Waals surface area contributed by atoms with E-state index in [0.717, 1.165) is 12.1 Å². The van der Waals surface area contributed by atoms with Crippen molar-refractivity contribution in [3.8, 4) is 5.75 Å². The van der Waals surface area contributed by atoms with Gasteiger partial charge in [0.25, 0.3) is 0 Å². The fraction of sp³-hybridized carbons (Fsp3) is 0.143. The van der Waals surface area contributed by atoms with Crippen molar-refractivity contribution in [2.24, 2.45) is 0 Å². The Kier molecular flexibility index (Phi) is 2.81. The number of alkyl halides is 1. The summed E-state index contributed by atoms with van der Waals surface area (Å²) in [5, 5.41) is 0. The van der Waals surface area contributed by atoms with Crippen molar-refractivity contribution in [3.63, 3.8) is 0 Å². The smallest absolute Gasteiger partial charge is 0.203 e. The third kappa shape index (κ3) is 1.64. The van der Waals surface area contributed by atoms with Gasteiger partial charge in [-0.1, -0.05) is 11.6 Å². The molecule has 1 rings (SSSR count). The summed E-state index contributed by atoms with van der Waals surface area (Å²) in [5.74, 6) is -4.58. The lowest BCUT2D eigenvalue weighted by molar-refractivity contribution is 0.343. The molecule has 0 N–H and O–H groups in total. The Hall–Kier alpha value is -0.900. The second-order valence-corrected chi connectivity index (χ2v) is 2.15. The van der Waals surface area contributed by atoms with Crippen molar-refractivity contribution in [3.05, 3.63) is 29.6 Å². The van der Waals surface area contributed by atoms with Crippen LogP contribution in [-0.2, 0) is 0 Å². The fourth-order valence-corrected chi connectivity index (χ4v) is 0.796. The molecule has 0 bridgehead atoms. The standard InChI is InChI=1S/C7H4ClF3O/c8-3-12-5-2-1-4(9)6(10)7(5)11/h1-2H,3H2. The predicted octanol–water partition coefficient (Wildman–Crippen LogP) is 2.68. The Bertz CT molecular complexity index is 290. The minimum atomic E-state index is -1.56. The maximum Gasteiger partial charge on any atom is 0.203 e. The Morgan fingerprint density at radius 2 is 1.83 bits per heavy atom. The average Bonchev–Trinajstić information content (AvgIpc) is 2.07. The highest BCUT2D eigenvalue weighted by molar-refractivity contribution is 6.17. The molecule has 0 aliphatic heterocycles. The van der Waals surface area contributed by atoms with Crippen LogP contribution in [0.4, 0.5) is 13.2 Å². The summed E-state index contributed by atoms with van der Waals surface area (Å²) in [6.07, 6.45) is 0. The van der Waals surface area contributed by atoms with Gasteiger partial charge in [-0.05, 0) is 12.1 Å². The molecule has 66 valence electrons. The number of halogens is 4. The lowest BCUT2D eigenvalue weighted by Gasteiger charge is -2.03. The van der Waals surface area contributed by atoms with E-state index in [1.54, 1.807) is 0 Å². The number of hydrogen-bond donors (Lipinski definition) is 0. The van der Waals surface area contributed by atoms with Crippen molar-refractivity contribution in [2.75, 3.05) is 6.07 Å². The highest BCUT2D eigenvalue weighted by Gasteiger charge is 2.13. The molecule has 0 aliphatic carbocycles. The van der Waals surface area contributed by atoms with Gasteiger partial charge < -0.3 is 4.74 Å². The van der Waals surface area contributed by atoms with Gasteiger partial charge in [0.15, 0.2) is 23.5 Å². The van der Waals surface area contributed by atoms with E-state index in [0.29, 0.717) is 0 Å². The van der Waals surface area contributed by atoms with Gasteiger partial charge in [-0.2, -0.15) is 4.39 Å². The molecule has 1 aromatic carbocycles. The first kappa shape index (κ1) is 9.19. The zero-order valence-corrected chi connectivity index (χ0v) is 6.54. The fourth-order valence-electron chi connectivity index (χ4n) is 0.678. The van der Waals surface area contributed by atoms with Gasteiger partial charge in [0.1, 0.15) is 0 Å². The van der Waals surface area contributed by atoms with Crippen LogP contribution >= 0.6 is 11.6 Å².